The highest BCUT2D eigenvalue weighted by molar-refractivity contribution is 5.92. The third-order valence-corrected chi connectivity index (χ3v) is 6.18. The largest absolute Gasteiger partial charge is 0.454 e. The lowest BCUT2D eigenvalue weighted by atomic mass is 9.84. The van der Waals surface area contributed by atoms with Crippen molar-refractivity contribution in [3.8, 4) is 0 Å². The molecule has 25 heavy (non-hydrogen) atoms. The van der Waals surface area contributed by atoms with Gasteiger partial charge in [-0.25, -0.2) is 4.79 Å². The normalized spacial score (nSPS) is 45.0. The molecule has 0 aliphatic carbocycles. The second-order valence-electron chi connectivity index (χ2n) is 8.18. The minimum Gasteiger partial charge on any atom is -0.454 e. The van der Waals surface area contributed by atoms with Gasteiger partial charge in [0.15, 0.2) is 0 Å². The maximum Gasteiger partial charge on any atom is 0.334 e. The number of rotatable bonds is 0. The number of fused-ring (bicyclic) bond motifs is 3. The van der Waals surface area contributed by atoms with Crippen molar-refractivity contribution in [3.05, 3.63) is 22.8 Å². The Labute approximate surface area is 149 Å². The van der Waals surface area contributed by atoms with Gasteiger partial charge in [0, 0.05) is 17.6 Å². The van der Waals surface area contributed by atoms with Crippen LogP contribution in [0.4, 0.5) is 0 Å². The molecule has 2 bridgehead atoms. The van der Waals surface area contributed by atoms with E-state index in [4.69, 9.17) is 9.47 Å². The molecule has 0 aromatic heterocycles. The quantitative estimate of drug-likeness (QED) is 0.519. The zero-order valence-corrected chi connectivity index (χ0v) is 15.6. The van der Waals surface area contributed by atoms with Crippen LogP contribution in [-0.4, -0.2) is 46.2 Å². The summed E-state index contributed by atoms with van der Waals surface area (Å²) in [4.78, 5) is 12.0. The van der Waals surface area contributed by atoms with Crippen molar-refractivity contribution in [3.63, 3.8) is 0 Å². The predicted molar refractivity (Wildman–Crippen MR) is 93.9 cm³/mol. The highest BCUT2D eigenvalue weighted by atomic mass is 16.6. The topological polar surface area (TPSA) is 76.0 Å². The van der Waals surface area contributed by atoms with E-state index in [9.17, 15) is 15.0 Å². The fourth-order valence-electron chi connectivity index (χ4n) is 4.37. The average molecular weight is 350 g/mol. The van der Waals surface area contributed by atoms with Gasteiger partial charge >= 0.3 is 5.97 Å². The summed E-state index contributed by atoms with van der Waals surface area (Å²) in [6.45, 7) is 7.73. The lowest BCUT2D eigenvalue weighted by molar-refractivity contribution is -0.146. The van der Waals surface area contributed by atoms with Crippen LogP contribution in [0.15, 0.2) is 22.8 Å². The predicted octanol–water partition coefficient (Wildman–Crippen LogP) is 2.65. The number of carbonyl (C=O) groups is 1. The molecule has 5 nitrogen and oxygen atoms in total. The molecule has 1 fully saturated rings. The molecule has 0 aromatic carbocycles. The number of hydrogen-bond donors (Lipinski definition) is 2. The Morgan fingerprint density at radius 3 is 2.68 bits per heavy atom. The number of ether oxygens (including phenoxy) is 2. The first-order valence-corrected chi connectivity index (χ1v) is 9.34. The first kappa shape index (κ1) is 18.6. The SMILES string of the molecule is CC1=C2[C@@H](C/C(C)=C/CC[C@H](C)[C@H]3CCC(C)(O3)[C@H](O)[C@H]2O)OC1=O. The Bertz CT molecular complexity index is 607. The number of hydrogen-bond acceptors (Lipinski definition) is 5. The van der Waals surface area contributed by atoms with Crippen molar-refractivity contribution >= 4 is 5.97 Å². The Hall–Kier alpha value is -1.17. The summed E-state index contributed by atoms with van der Waals surface area (Å²) >= 11 is 0. The van der Waals surface area contributed by atoms with Crippen LogP contribution in [0.5, 0.6) is 0 Å². The average Bonchev–Trinajstić information content (AvgIpc) is 3.07. The fraction of sp³-hybridized carbons (Fsp3) is 0.750. The van der Waals surface area contributed by atoms with Crippen molar-refractivity contribution < 1.29 is 24.5 Å². The molecule has 1 unspecified atom stereocenters. The zero-order chi connectivity index (χ0) is 18.4. The molecular formula is C20H30O5. The van der Waals surface area contributed by atoms with Gasteiger partial charge < -0.3 is 19.7 Å². The van der Waals surface area contributed by atoms with E-state index in [2.05, 4.69) is 13.0 Å². The lowest BCUT2D eigenvalue weighted by Gasteiger charge is -2.35. The molecule has 2 N–H and O–H groups in total. The summed E-state index contributed by atoms with van der Waals surface area (Å²) in [5, 5.41) is 21.8. The van der Waals surface area contributed by atoms with Crippen LogP contribution in [0.1, 0.15) is 59.8 Å². The second-order valence-corrected chi connectivity index (χ2v) is 8.18. The Balaban J connectivity index is 1.97. The van der Waals surface area contributed by atoms with E-state index in [0.717, 1.165) is 24.8 Å². The maximum atomic E-state index is 12.0. The maximum absolute atomic E-state index is 12.0. The van der Waals surface area contributed by atoms with Gasteiger partial charge in [0.2, 0.25) is 0 Å². The molecule has 0 spiro atoms. The van der Waals surface area contributed by atoms with Crippen LogP contribution in [0.3, 0.4) is 0 Å². The van der Waals surface area contributed by atoms with Gasteiger partial charge in [-0.15, -0.1) is 0 Å². The van der Waals surface area contributed by atoms with E-state index >= 15 is 0 Å². The van der Waals surface area contributed by atoms with Crippen LogP contribution >= 0.6 is 0 Å². The standard InChI is InChI=1S/C20H30O5/c1-11-6-5-7-12(2)14-8-9-20(4,25-14)18(22)17(21)16-13(3)19(23)24-15(16)10-11/h6,12,14-15,17-18,21-22H,5,7-10H2,1-4H3/b11-6+/t12-,14+,15+,17-,18+,20?/m0/s1. The van der Waals surface area contributed by atoms with Crippen molar-refractivity contribution in [2.24, 2.45) is 5.92 Å². The summed E-state index contributed by atoms with van der Waals surface area (Å²) in [6, 6.07) is 0. The number of carbonyl (C=O) groups excluding carboxylic acids is 1. The molecule has 3 aliphatic heterocycles. The van der Waals surface area contributed by atoms with Crippen LogP contribution in [0, 0.1) is 5.92 Å². The summed E-state index contributed by atoms with van der Waals surface area (Å²) in [5.41, 5.74) is 1.24. The molecule has 6 atom stereocenters. The number of allylic oxidation sites excluding steroid dienone is 1. The smallest absolute Gasteiger partial charge is 0.334 e. The molecule has 5 heteroatoms. The molecule has 140 valence electrons. The molecule has 0 saturated carbocycles. The molecule has 0 amide bonds. The minimum absolute atomic E-state index is 0.0913. The summed E-state index contributed by atoms with van der Waals surface area (Å²) in [7, 11) is 0. The number of aliphatic hydroxyl groups excluding tert-OH is 2. The third kappa shape index (κ3) is 3.42. The third-order valence-electron chi connectivity index (χ3n) is 6.18. The molecule has 3 aliphatic rings. The van der Waals surface area contributed by atoms with Gasteiger partial charge in [-0.3, -0.25) is 0 Å². The lowest BCUT2D eigenvalue weighted by Crippen LogP contribution is -2.49. The first-order valence-electron chi connectivity index (χ1n) is 9.34. The van der Waals surface area contributed by atoms with Gasteiger partial charge in [0.05, 0.1) is 11.7 Å². The molecule has 0 aromatic rings. The monoisotopic (exact) mass is 350 g/mol. The van der Waals surface area contributed by atoms with Crippen molar-refractivity contribution in [1.82, 2.24) is 0 Å². The Morgan fingerprint density at radius 2 is 1.96 bits per heavy atom. The molecule has 3 heterocycles. The van der Waals surface area contributed by atoms with E-state index in [1.165, 1.54) is 0 Å². The number of esters is 1. The molecule has 1 saturated heterocycles. The highest BCUT2D eigenvalue weighted by Gasteiger charge is 2.49. The van der Waals surface area contributed by atoms with E-state index in [0.29, 0.717) is 29.9 Å². The summed E-state index contributed by atoms with van der Waals surface area (Å²) in [6.07, 6.45) is 3.61. The van der Waals surface area contributed by atoms with Gasteiger partial charge in [0.1, 0.15) is 18.3 Å². The van der Waals surface area contributed by atoms with E-state index < -0.39 is 29.9 Å². The van der Waals surface area contributed by atoms with Crippen molar-refractivity contribution in [2.45, 2.75) is 89.8 Å². The van der Waals surface area contributed by atoms with Crippen LogP contribution in [-0.2, 0) is 14.3 Å². The number of aliphatic hydroxyl groups is 2. The molecule has 0 radical (unpaired) electrons. The van der Waals surface area contributed by atoms with Gasteiger partial charge in [0.25, 0.3) is 0 Å². The van der Waals surface area contributed by atoms with E-state index in [-0.39, 0.29) is 6.10 Å². The minimum atomic E-state index is -1.16. The molecular weight excluding hydrogens is 320 g/mol. The summed E-state index contributed by atoms with van der Waals surface area (Å²) < 4.78 is 11.7. The fourth-order valence-corrected chi connectivity index (χ4v) is 4.37. The van der Waals surface area contributed by atoms with E-state index in [1.807, 2.05) is 13.8 Å². The van der Waals surface area contributed by atoms with Crippen molar-refractivity contribution in [1.29, 1.82) is 0 Å². The van der Waals surface area contributed by atoms with Crippen LogP contribution in [0.2, 0.25) is 0 Å². The Morgan fingerprint density at radius 1 is 1.24 bits per heavy atom. The van der Waals surface area contributed by atoms with E-state index in [1.54, 1.807) is 6.92 Å². The molecule has 3 rings (SSSR count). The summed E-state index contributed by atoms with van der Waals surface area (Å²) in [5.74, 6) is -0.00983. The van der Waals surface area contributed by atoms with Crippen LogP contribution in [0.25, 0.3) is 0 Å². The second kappa shape index (κ2) is 6.86. The van der Waals surface area contributed by atoms with Gasteiger partial charge in [-0.05, 0) is 52.4 Å². The first-order chi connectivity index (χ1) is 11.7. The Kier molecular flexibility index (Phi) is 5.11. The van der Waals surface area contributed by atoms with Crippen LogP contribution < -0.4 is 0 Å². The van der Waals surface area contributed by atoms with Crippen molar-refractivity contribution in [2.75, 3.05) is 0 Å². The zero-order valence-electron chi connectivity index (χ0n) is 15.6. The van der Waals surface area contributed by atoms with Gasteiger partial charge in [-0.1, -0.05) is 18.6 Å². The highest BCUT2D eigenvalue weighted by Crippen LogP contribution is 2.41. The van der Waals surface area contributed by atoms with Gasteiger partial charge in [-0.2, -0.15) is 0 Å².